The van der Waals surface area contributed by atoms with Gasteiger partial charge in [-0.25, -0.2) is 4.98 Å². The molecule has 0 unspecified atom stereocenters. The monoisotopic (exact) mass is 362 g/mol. The van der Waals surface area contributed by atoms with Crippen LogP contribution in [0, 0.1) is 0 Å². The van der Waals surface area contributed by atoms with Gasteiger partial charge in [-0.15, -0.1) is 0 Å². The molecule has 0 radical (unpaired) electrons. The van der Waals surface area contributed by atoms with E-state index in [0.29, 0.717) is 11.8 Å². The third-order valence-corrected chi connectivity index (χ3v) is 4.80. The minimum Gasteiger partial charge on any atom is -0.383 e. The van der Waals surface area contributed by atoms with Gasteiger partial charge in [0.15, 0.2) is 0 Å². The number of aromatic amines is 1. The Balaban J connectivity index is 1.69. The molecule has 0 fully saturated rings. The number of nitrogens with one attached hydrogen (secondary N) is 3. The third-order valence-electron chi connectivity index (χ3n) is 4.80. The van der Waals surface area contributed by atoms with Crippen LogP contribution in [0.25, 0.3) is 11.4 Å². The smallest absolute Gasteiger partial charge is 0.139 e. The van der Waals surface area contributed by atoms with Crippen molar-refractivity contribution in [3.8, 4) is 11.4 Å². The van der Waals surface area contributed by atoms with Crippen LogP contribution in [-0.2, 0) is 0 Å². The number of nitrogens with zero attached hydrogens (tertiary/aromatic N) is 1. The molecule has 0 amide bonds. The fraction of sp³-hybridized carbons (Fsp3) is 0.348. The van der Waals surface area contributed by atoms with Gasteiger partial charge in [0, 0.05) is 42.4 Å². The minimum atomic E-state index is 0.499. The number of benzene rings is 2. The van der Waals surface area contributed by atoms with Gasteiger partial charge < -0.3 is 15.6 Å². The average molecular weight is 363 g/mol. The third kappa shape index (κ3) is 4.51. The van der Waals surface area contributed by atoms with E-state index in [4.69, 9.17) is 0 Å². The number of rotatable bonds is 8. The molecule has 4 nitrogen and oxygen atoms in total. The first kappa shape index (κ1) is 19.0. The second kappa shape index (κ2) is 8.76. The van der Waals surface area contributed by atoms with E-state index in [-0.39, 0.29) is 0 Å². The molecule has 0 aliphatic carbocycles. The number of hydrogen-bond acceptors (Lipinski definition) is 3. The molecular formula is C23H30N4. The summed E-state index contributed by atoms with van der Waals surface area (Å²) >= 11 is 0. The molecule has 3 rings (SSSR count). The molecule has 4 heteroatoms. The van der Waals surface area contributed by atoms with Crippen LogP contribution in [0.3, 0.4) is 0 Å². The van der Waals surface area contributed by atoms with Crippen LogP contribution in [-0.4, -0.2) is 23.1 Å². The summed E-state index contributed by atoms with van der Waals surface area (Å²) in [6.07, 6.45) is 3.63. The largest absolute Gasteiger partial charge is 0.383 e. The molecule has 3 aromatic rings. The van der Waals surface area contributed by atoms with Gasteiger partial charge in [0.25, 0.3) is 0 Å². The summed E-state index contributed by atoms with van der Waals surface area (Å²) in [5.41, 5.74) is 6.25. The van der Waals surface area contributed by atoms with Crippen molar-refractivity contribution < 1.29 is 0 Å². The van der Waals surface area contributed by atoms with Gasteiger partial charge in [-0.05, 0) is 35.1 Å². The average Bonchev–Trinajstić information content (AvgIpc) is 3.19. The normalized spacial score (nSPS) is 11.2. The van der Waals surface area contributed by atoms with Crippen LogP contribution in [0.15, 0.2) is 54.9 Å². The summed E-state index contributed by atoms with van der Waals surface area (Å²) in [5, 5.41) is 7.23. The highest BCUT2D eigenvalue weighted by molar-refractivity contribution is 5.73. The van der Waals surface area contributed by atoms with Crippen LogP contribution < -0.4 is 10.6 Å². The second-order valence-electron chi connectivity index (χ2n) is 7.46. The molecule has 0 spiro atoms. The number of H-pyrrole nitrogens is 1. The zero-order chi connectivity index (χ0) is 19.2. The molecule has 3 N–H and O–H groups in total. The van der Waals surface area contributed by atoms with Gasteiger partial charge >= 0.3 is 0 Å². The van der Waals surface area contributed by atoms with Crippen LogP contribution in [0.2, 0.25) is 0 Å². The van der Waals surface area contributed by atoms with E-state index >= 15 is 0 Å². The zero-order valence-electron chi connectivity index (χ0n) is 16.7. The number of hydrogen-bond donors (Lipinski definition) is 3. The van der Waals surface area contributed by atoms with Crippen LogP contribution in [0.4, 0.5) is 11.4 Å². The van der Waals surface area contributed by atoms with E-state index in [0.717, 1.165) is 30.2 Å². The summed E-state index contributed by atoms with van der Waals surface area (Å²) in [5.74, 6) is 1.89. The van der Waals surface area contributed by atoms with Crippen molar-refractivity contribution in [3.63, 3.8) is 0 Å². The number of para-hydroxylation sites is 2. The second-order valence-corrected chi connectivity index (χ2v) is 7.46. The highest BCUT2D eigenvalue weighted by Gasteiger charge is 2.13. The quantitative estimate of drug-likeness (QED) is 0.441. The SMILES string of the molecule is CC(C)c1cccc(C(C)C)c1NCCNc1ccccc1-c1ncc[nH]1. The number of anilines is 2. The van der Waals surface area contributed by atoms with Crippen molar-refractivity contribution in [1.82, 2.24) is 9.97 Å². The van der Waals surface area contributed by atoms with Crippen molar-refractivity contribution in [2.75, 3.05) is 23.7 Å². The fourth-order valence-corrected chi connectivity index (χ4v) is 3.40. The van der Waals surface area contributed by atoms with E-state index in [1.54, 1.807) is 6.20 Å². The molecule has 0 atom stereocenters. The Kier molecular flexibility index (Phi) is 6.17. The lowest BCUT2D eigenvalue weighted by Crippen LogP contribution is -2.16. The first-order chi connectivity index (χ1) is 13.1. The molecule has 1 heterocycles. The molecule has 2 aromatic carbocycles. The van der Waals surface area contributed by atoms with Gasteiger partial charge in [-0.3, -0.25) is 0 Å². The molecule has 142 valence electrons. The first-order valence-corrected chi connectivity index (χ1v) is 9.77. The van der Waals surface area contributed by atoms with Gasteiger partial charge in [0.2, 0.25) is 0 Å². The Morgan fingerprint density at radius 1 is 0.852 bits per heavy atom. The Morgan fingerprint density at radius 3 is 2.15 bits per heavy atom. The van der Waals surface area contributed by atoms with Gasteiger partial charge in [0.1, 0.15) is 5.82 Å². The summed E-state index contributed by atoms with van der Waals surface area (Å²) < 4.78 is 0. The summed E-state index contributed by atoms with van der Waals surface area (Å²) in [6.45, 7) is 10.7. The van der Waals surface area contributed by atoms with E-state index < -0.39 is 0 Å². The van der Waals surface area contributed by atoms with Crippen molar-refractivity contribution >= 4 is 11.4 Å². The van der Waals surface area contributed by atoms with E-state index in [9.17, 15) is 0 Å². The maximum absolute atomic E-state index is 4.37. The predicted molar refractivity (Wildman–Crippen MR) is 116 cm³/mol. The number of aromatic nitrogens is 2. The highest BCUT2D eigenvalue weighted by atomic mass is 15.0. The van der Waals surface area contributed by atoms with Crippen LogP contribution >= 0.6 is 0 Å². The Bertz CT molecular complexity index is 824. The Hall–Kier alpha value is -2.75. The summed E-state index contributed by atoms with van der Waals surface area (Å²) in [6, 6.07) is 14.9. The first-order valence-electron chi connectivity index (χ1n) is 9.77. The Labute approximate surface area is 162 Å². The van der Waals surface area contributed by atoms with Crippen molar-refractivity contribution in [3.05, 3.63) is 66.0 Å². The zero-order valence-corrected chi connectivity index (χ0v) is 16.7. The molecular weight excluding hydrogens is 332 g/mol. The predicted octanol–water partition coefficient (Wildman–Crippen LogP) is 5.85. The highest BCUT2D eigenvalue weighted by Crippen LogP contribution is 2.32. The lowest BCUT2D eigenvalue weighted by atomic mass is 9.92. The molecule has 0 bridgehead atoms. The van der Waals surface area contributed by atoms with E-state index in [1.807, 2.05) is 18.3 Å². The van der Waals surface area contributed by atoms with Gasteiger partial charge in [-0.2, -0.15) is 0 Å². The standard InChI is InChI=1S/C23H30N4/c1-16(2)18-9-7-10-19(17(3)4)22(18)25-13-12-24-21-11-6-5-8-20(21)23-26-14-15-27-23/h5-11,14-17,24-25H,12-13H2,1-4H3,(H,26,27). The lowest BCUT2D eigenvalue weighted by Gasteiger charge is -2.21. The molecule has 0 saturated carbocycles. The van der Waals surface area contributed by atoms with E-state index in [1.165, 1.54) is 16.8 Å². The maximum Gasteiger partial charge on any atom is 0.139 e. The van der Waals surface area contributed by atoms with Crippen LogP contribution in [0.1, 0.15) is 50.7 Å². The molecule has 0 aliphatic heterocycles. The van der Waals surface area contributed by atoms with Crippen molar-refractivity contribution in [2.45, 2.75) is 39.5 Å². The topological polar surface area (TPSA) is 52.7 Å². The minimum absolute atomic E-state index is 0.499. The number of imidazole rings is 1. The maximum atomic E-state index is 4.37. The van der Waals surface area contributed by atoms with Gasteiger partial charge in [0.05, 0.1) is 0 Å². The van der Waals surface area contributed by atoms with Crippen molar-refractivity contribution in [2.24, 2.45) is 0 Å². The van der Waals surface area contributed by atoms with Gasteiger partial charge in [-0.1, -0.05) is 58.0 Å². The lowest BCUT2D eigenvalue weighted by molar-refractivity contribution is 0.833. The summed E-state index contributed by atoms with van der Waals surface area (Å²) in [4.78, 5) is 7.56. The van der Waals surface area contributed by atoms with Crippen molar-refractivity contribution in [1.29, 1.82) is 0 Å². The molecule has 0 saturated heterocycles. The Morgan fingerprint density at radius 2 is 1.52 bits per heavy atom. The van der Waals surface area contributed by atoms with E-state index in [2.05, 4.69) is 78.6 Å². The molecule has 27 heavy (non-hydrogen) atoms. The summed E-state index contributed by atoms with van der Waals surface area (Å²) in [7, 11) is 0. The molecule has 0 aliphatic rings. The molecule has 1 aromatic heterocycles. The van der Waals surface area contributed by atoms with Crippen LogP contribution in [0.5, 0.6) is 0 Å². The fourth-order valence-electron chi connectivity index (χ4n) is 3.40.